The minimum absolute atomic E-state index is 0.199. The second-order valence-electron chi connectivity index (χ2n) is 3.47. The smallest absolute Gasteiger partial charge is 0.287 e. The highest BCUT2D eigenvalue weighted by Gasteiger charge is 2.10. The van der Waals surface area contributed by atoms with Crippen LogP contribution in [0.3, 0.4) is 0 Å². The Kier molecular flexibility index (Phi) is 5.30. The van der Waals surface area contributed by atoms with Gasteiger partial charge in [0.05, 0.1) is 5.75 Å². The summed E-state index contributed by atoms with van der Waals surface area (Å²) in [5.74, 6) is 6.81. The van der Waals surface area contributed by atoms with Crippen LogP contribution in [0, 0.1) is 0 Å². The van der Waals surface area contributed by atoms with Crippen molar-refractivity contribution in [1.29, 1.82) is 0 Å². The fourth-order valence-electron chi connectivity index (χ4n) is 1.00. The molecule has 7 heteroatoms. The summed E-state index contributed by atoms with van der Waals surface area (Å²) >= 11 is 1.69. The molecule has 0 bridgehead atoms. The van der Waals surface area contributed by atoms with E-state index < -0.39 is 5.91 Å². The predicted octanol–water partition coefficient (Wildman–Crippen LogP) is 0.249. The van der Waals surface area contributed by atoms with Gasteiger partial charge < -0.3 is 10.3 Å². The van der Waals surface area contributed by atoms with Gasteiger partial charge in [-0.15, -0.1) is 0 Å². The van der Waals surface area contributed by atoms with E-state index in [4.69, 9.17) is 16.1 Å². The van der Waals surface area contributed by atoms with Crippen molar-refractivity contribution >= 4 is 17.7 Å². The summed E-state index contributed by atoms with van der Waals surface area (Å²) in [6, 6.07) is 1.79. The highest BCUT2D eigenvalue weighted by atomic mass is 32.2. The predicted molar refractivity (Wildman–Crippen MR) is 62.6 cm³/mol. The van der Waals surface area contributed by atoms with E-state index in [-0.39, 0.29) is 11.7 Å². The van der Waals surface area contributed by atoms with Gasteiger partial charge in [0.1, 0.15) is 5.76 Å². The Morgan fingerprint density at radius 1 is 1.75 bits per heavy atom. The number of thioether (sulfide) groups is 1. The Morgan fingerprint density at radius 2 is 2.50 bits per heavy atom. The van der Waals surface area contributed by atoms with Crippen molar-refractivity contribution in [2.45, 2.75) is 25.1 Å². The second kappa shape index (κ2) is 6.51. The largest absolute Gasteiger partial charge is 0.360 e. The Bertz CT molecular complexity index is 340. The number of aromatic nitrogens is 1. The van der Waals surface area contributed by atoms with Crippen LogP contribution in [-0.4, -0.2) is 22.9 Å². The lowest BCUT2D eigenvalue weighted by Crippen LogP contribution is -2.30. The molecule has 0 aromatic carbocycles. The van der Waals surface area contributed by atoms with Crippen LogP contribution in [-0.2, 0) is 5.75 Å². The lowest BCUT2D eigenvalue weighted by atomic mass is 10.3. The van der Waals surface area contributed by atoms with E-state index in [1.165, 1.54) is 0 Å². The molecule has 0 saturated heterocycles. The summed E-state index contributed by atoms with van der Waals surface area (Å²) in [5.41, 5.74) is 7.81. The first-order valence-electron chi connectivity index (χ1n) is 4.93. The molecule has 1 unspecified atom stereocenters. The van der Waals surface area contributed by atoms with E-state index in [1.807, 2.05) is 12.3 Å². The van der Waals surface area contributed by atoms with Crippen molar-refractivity contribution in [2.75, 3.05) is 5.75 Å². The summed E-state index contributed by atoms with van der Waals surface area (Å²) in [5, 5.41) is 3.60. The number of amides is 1. The summed E-state index contributed by atoms with van der Waals surface area (Å²) in [6.45, 7) is 1.97. The Hall–Kier alpha value is -1.05. The highest BCUT2D eigenvalue weighted by Crippen LogP contribution is 2.14. The third kappa shape index (κ3) is 4.21. The van der Waals surface area contributed by atoms with Crippen molar-refractivity contribution in [3.8, 4) is 0 Å². The van der Waals surface area contributed by atoms with Gasteiger partial charge in [0.2, 0.25) is 0 Å². The van der Waals surface area contributed by atoms with Gasteiger partial charge in [-0.2, -0.15) is 11.8 Å². The van der Waals surface area contributed by atoms with Crippen molar-refractivity contribution in [3.05, 3.63) is 17.5 Å². The van der Waals surface area contributed by atoms with Crippen LogP contribution in [0.1, 0.15) is 29.6 Å². The number of carbonyl (C=O) groups is 1. The molecule has 1 amide bonds. The lowest BCUT2D eigenvalue weighted by molar-refractivity contribution is 0.0944. The Morgan fingerprint density at radius 3 is 3.12 bits per heavy atom. The molecule has 5 N–H and O–H groups in total. The number of hydrogen-bond donors (Lipinski definition) is 3. The molecule has 0 aliphatic carbocycles. The molecular weight excluding hydrogens is 228 g/mol. The Balaban J connectivity index is 2.32. The van der Waals surface area contributed by atoms with Crippen LogP contribution < -0.4 is 17.0 Å². The summed E-state index contributed by atoms with van der Waals surface area (Å²) < 4.78 is 4.98. The van der Waals surface area contributed by atoms with E-state index in [0.29, 0.717) is 11.5 Å². The summed E-state index contributed by atoms with van der Waals surface area (Å²) in [4.78, 5) is 11.1. The van der Waals surface area contributed by atoms with Crippen LogP contribution in [0.4, 0.5) is 0 Å². The van der Waals surface area contributed by atoms with Gasteiger partial charge in [0, 0.05) is 12.1 Å². The number of nitrogens with one attached hydrogen (secondary N) is 1. The minimum Gasteiger partial charge on any atom is -0.360 e. The van der Waals surface area contributed by atoms with Crippen LogP contribution in [0.25, 0.3) is 0 Å². The average Bonchev–Trinajstić information content (AvgIpc) is 2.71. The van der Waals surface area contributed by atoms with E-state index >= 15 is 0 Å². The molecule has 0 aliphatic rings. The zero-order valence-electron chi connectivity index (χ0n) is 9.10. The monoisotopic (exact) mass is 244 g/mol. The number of hydrogen-bond acceptors (Lipinski definition) is 6. The first kappa shape index (κ1) is 13.0. The minimum atomic E-state index is -0.449. The summed E-state index contributed by atoms with van der Waals surface area (Å²) in [6.07, 6.45) is 0.953. The molecule has 1 atom stereocenters. The van der Waals surface area contributed by atoms with Crippen molar-refractivity contribution in [1.82, 2.24) is 10.6 Å². The molecule has 0 aliphatic heterocycles. The molecule has 0 radical (unpaired) electrons. The topological polar surface area (TPSA) is 107 Å². The molecule has 1 aromatic heterocycles. The zero-order chi connectivity index (χ0) is 12.0. The van der Waals surface area contributed by atoms with Crippen molar-refractivity contribution in [2.24, 2.45) is 11.6 Å². The zero-order valence-corrected chi connectivity index (χ0v) is 9.92. The summed E-state index contributed by atoms with van der Waals surface area (Å²) in [7, 11) is 0. The molecule has 6 nitrogen and oxygen atoms in total. The number of nitrogen functional groups attached to an aromatic ring is 1. The maximum atomic E-state index is 11.1. The third-order valence-corrected chi connectivity index (χ3v) is 2.90. The van der Waals surface area contributed by atoms with Crippen LogP contribution in [0.15, 0.2) is 10.6 Å². The molecule has 90 valence electrons. The normalized spacial score (nSPS) is 12.4. The van der Waals surface area contributed by atoms with Gasteiger partial charge in [-0.3, -0.25) is 10.2 Å². The molecule has 0 saturated carbocycles. The highest BCUT2D eigenvalue weighted by molar-refractivity contribution is 7.98. The second-order valence-corrected chi connectivity index (χ2v) is 4.58. The van der Waals surface area contributed by atoms with E-state index in [1.54, 1.807) is 17.8 Å². The van der Waals surface area contributed by atoms with Crippen LogP contribution in [0.2, 0.25) is 0 Å². The van der Waals surface area contributed by atoms with Crippen molar-refractivity contribution in [3.63, 3.8) is 0 Å². The molecule has 0 fully saturated rings. The van der Waals surface area contributed by atoms with Crippen LogP contribution in [0.5, 0.6) is 0 Å². The fourth-order valence-corrected chi connectivity index (χ4v) is 2.02. The number of nitrogens with zero attached hydrogens (tertiary/aromatic N) is 1. The van der Waals surface area contributed by atoms with E-state index in [2.05, 4.69) is 5.16 Å². The van der Waals surface area contributed by atoms with Gasteiger partial charge in [-0.05, 0) is 19.1 Å². The van der Waals surface area contributed by atoms with Crippen LogP contribution >= 0.6 is 11.8 Å². The number of rotatable bonds is 6. The molecule has 1 heterocycles. The quantitative estimate of drug-likeness (QED) is 0.286. The number of nitrogens with two attached hydrogens (primary N) is 2. The number of hydrazine groups is 1. The van der Waals surface area contributed by atoms with Gasteiger partial charge in [-0.1, -0.05) is 5.16 Å². The first-order valence-corrected chi connectivity index (χ1v) is 6.08. The van der Waals surface area contributed by atoms with Gasteiger partial charge >= 0.3 is 0 Å². The average molecular weight is 244 g/mol. The van der Waals surface area contributed by atoms with Gasteiger partial charge in [0.25, 0.3) is 5.91 Å². The standard InChI is InChI=1S/C9H16N4O2S/c1-6(10)2-3-16-5-7-4-8(13-15-7)9(14)12-11/h4,6H,2-3,5,10-11H2,1H3,(H,12,14). The van der Waals surface area contributed by atoms with Gasteiger partial charge in [-0.25, -0.2) is 5.84 Å². The van der Waals surface area contributed by atoms with Gasteiger partial charge in [0.15, 0.2) is 5.69 Å². The van der Waals surface area contributed by atoms with E-state index in [0.717, 1.165) is 12.2 Å². The SMILES string of the molecule is CC(N)CCSCc1cc(C(=O)NN)no1. The Labute approximate surface area is 98.1 Å². The molecule has 1 rings (SSSR count). The first-order chi connectivity index (χ1) is 7.63. The maximum absolute atomic E-state index is 11.1. The molecule has 1 aromatic rings. The van der Waals surface area contributed by atoms with Crippen molar-refractivity contribution < 1.29 is 9.32 Å². The lowest BCUT2D eigenvalue weighted by Gasteiger charge is -2.02. The molecular formula is C9H16N4O2S. The molecule has 16 heavy (non-hydrogen) atoms. The number of carbonyl (C=O) groups excluding carboxylic acids is 1. The maximum Gasteiger partial charge on any atom is 0.287 e. The van der Waals surface area contributed by atoms with E-state index in [9.17, 15) is 4.79 Å². The molecule has 0 spiro atoms. The third-order valence-electron chi connectivity index (χ3n) is 1.88. The fraction of sp³-hybridized carbons (Fsp3) is 0.556.